The SMILES string of the molecule is COc1ccc(C2/C(=C(\O)c3ccc4c(c3)OCCO4)C(=O)C(=O)N2c2nc3ccc(C)cc3[nH]2)cc1OC. The normalized spacial score (nSPS) is 18.0. The van der Waals surface area contributed by atoms with E-state index in [9.17, 15) is 14.7 Å². The number of imidazole rings is 1. The standard InChI is InChI=1S/C29H25N3O7/c1-15-4-7-18-19(12-15)31-29(30-18)32-25(16-5-8-20(36-2)22(13-16)37-3)24(27(34)28(32)35)26(33)17-6-9-21-23(14-17)39-11-10-38-21/h4-9,12-14,25,33H,10-11H2,1-3H3,(H,30,31)/b26-24+. The van der Waals surface area contributed by atoms with Crippen molar-refractivity contribution in [3.05, 3.63) is 76.9 Å². The number of methoxy groups -OCH3 is 2. The molecular weight excluding hydrogens is 502 g/mol. The van der Waals surface area contributed by atoms with Crippen molar-refractivity contribution in [2.45, 2.75) is 13.0 Å². The van der Waals surface area contributed by atoms with Gasteiger partial charge in [-0.3, -0.25) is 14.5 Å². The van der Waals surface area contributed by atoms with Gasteiger partial charge in [0.2, 0.25) is 5.95 Å². The minimum Gasteiger partial charge on any atom is -0.507 e. The lowest BCUT2D eigenvalue weighted by Gasteiger charge is -2.24. The molecular formula is C29H25N3O7. The van der Waals surface area contributed by atoms with E-state index in [-0.39, 0.29) is 17.3 Å². The number of aliphatic hydroxyl groups excluding tert-OH is 1. The smallest absolute Gasteiger partial charge is 0.302 e. The van der Waals surface area contributed by atoms with E-state index in [0.29, 0.717) is 58.4 Å². The molecule has 6 rings (SSSR count). The lowest BCUT2D eigenvalue weighted by molar-refractivity contribution is -0.132. The molecule has 0 spiro atoms. The molecule has 0 radical (unpaired) electrons. The molecule has 198 valence electrons. The van der Waals surface area contributed by atoms with Crippen LogP contribution in [0.2, 0.25) is 0 Å². The second-order valence-corrected chi connectivity index (χ2v) is 9.22. The van der Waals surface area contributed by atoms with Gasteiger partial charge in [-0.05, 0) is 60.5 Å². The van der Waals surface area contributed by atoms with E-state index in [1.54, 1.807) is 36.4 Å². The average molecular weight is 528 g/mol. The number of aryl methyl sites for hydroxylation is 1. The van der Waals surface area contributed by atoms with Gasteiger partial charge in [0, 0.05) is 5.56 Å². The predicted octanol–water partition coefficient (Wildman–Crippen LogP) is 4.29. The number of hydrogen-bond acceptors (Lipinski definition) is 8. The number of rotatable bonds is 5. The van der Waals surface area contributed by atoms with Gasteiger partial charge >= 0.3 is 5.91 Å². The predicted molar refractivity (Wildman–Crippen MR) is 143 cm³/mol. The largest absolute Gasteiger partial charge is 0.507 e. The molecule has 3 aromatic carbocycles. The number of nitrogens with zero attached hydrogens (tertiary/aromatic N) is 2. The first kappa shape index (κ1) is 24.4. The fourth-order valence-electron chi connectivity index (χ4n) is 4.96. The fourth-order valence-corrected chi connectivity index (χ4v) is 4.96. The highest BCUT2D eigenvalue weighted by molar-refractivity contribution is 6.51. The first-order valence-electron chi connectivity index (χ1n) is 12.3. The van der Waals surface area contributed by atoms with Crippen molar-refractivity contribution in [2.75, 3.05) is 32.3 Å². The van der Waals surface area contributed by atoms with Crippen LogP contribution in [0.3, 0.4) is 0 Å². The maximum Gasteiger partial charge on any atom is 0.302 e. The Morgan fingerprint density at radius 1 is 0.974 bits per heavy atom. The lowest BCUT2D eigenvalue weighted by atomic mass is 9.95. The monoisotopic (exact) mass is 527 g/mol. The lowest BCUT2D eigenvalue weighted by Crippen LogP contribution is -2.30. The van der Waals surface area contributed by atoms with Gasteiger partial charge in [0.25, 0.3) is 5.78 Å². The van der Waals surface area contributed by atoms with Crippen molar-refractivity contribution < 1.29 is 33.6 Å². The summed E-state index contributed by atoms with van der Waals surface area (Å²) in [6.07, 6.45) is 0. The van der Waals surface area contributed by atoms with Gasteiger partial charge in [-0.2, -0.15) is 0 Å². The molecule has 2 aliphatic rings. The van der Waals surface area contributed by atoms with Crippen LogP contribution < -0.4 is 23.8 Å². The second-order valence-electron chi connectivity index (χ2n) is 9.22. The number of anilines is 1. The van der Waals surface area contributed by atoms with Crippen molar-refractivity contribution in [3.8, 4) is 23.0 Å². The fraction of sp³-hybridized carbons (Fsp3) is 0.207. The van der Waals surface area contributed by atoms with Gasteiger partial charge in [0.1, 0.15) is 19.0 Å². The Bertz CT molecular complexity index is 1670. The number of benzene rings is 3. The highest BCUT2D eigenvalue weighted by Gasteiger charge is 2.48. The van der Waals surface area contributed by atoms with Gasteiger partial charge in [0.05, 0.1) is 36.9 Å². The number of aliphatic hydroxyl groups is 1. The molecule has 0 saturated carbocycles. The average Bonchev–Trinajstić information content (AvgIpc) is 3.49. The quantitative estimate of drug-likeness (QED) is 0.224. The van der Waals surface area contributed by atoms with Crippen LogP contribution in [0, 0.1) is 6.92 Å². The van der Waals surface area contributed by atoms with E-state index in [4.69, 9.17) is 18.9 Å². The van der Waals surface area contributed by atoms with E-state index >= 15 is 0 Å². The molecule has 4 aromatic rings. The maximum absolute atomic E-state index is 13.6. The second kappa shape index (κ2) is 9.39. The highest BCUT2D eigenvalue weighted by Crippen LogP contribution is 2.44. The first-order valence-corrected chi connectivity index (χ1v) is 12.3. The Kier molecular flexibility index (Phi) is 5.86. The summed E-state index contributed by atoms with van der Waals surface area (Å²) in [4.78, 5) is 36.2. The summed E-state index contributed by atoms with van der Waals surface area (Å²) in [5.74, 6) is 0.00764. The van der Waals surface area contributed by atoms with Gasteiger partial charge in [0.15, 0.2) is 23.0 Å². The molecule has 1 amide bonds. The number of aromatic amines is 1. The Balaban J connectivity index is 1.56. The zero-order chi connectivity index (χ0) is 27.3. The Morgan fingerprint density at radius 3 is 2.51 bits per heavy atom. The molecule has 0 bridgehead atoms. The van der Waals surface area contributed by atoms with Crippen molar-refractivity contribution >= 4 is 34.4 Å². The number of H-pyrrole nitrogens is 1. The van der Waals surface area contributed by atoms with Crippen LogP contribution in [0.4, 0.5) is 5.95 Å². The Morgan fingerprint density at radius 2 is 1.74 bits per heavy atom. The third kappa shape index (κ3) is 4.01. The summed E-state index contributed by atoms with van der Waals surface area (Å²) in [5.41, 5.74) is 3.08. The third-order valence-corrected chi connectivity index (χ3v) is 6.84. The molecule has 2 N–H and O–H groups in total. The molecule has 10 heteroatoms. The van der Waals surface area contributed by atoms with E-state index < -0.39 is 17.7 Å². The molecule has 1 atom stereocenters. The van der Waals surface area contributed by atoms with Crippen molar-refractivity contribution in [3.63, 3.8) is 0 Å². The van der Waals surface area contributed by atoms with Crippen molar-refractivity contribution in [1.29, 1.82) is 0 Å². The van der Waals surface area contributed by atoms with Gasteiger partial charge < -0.3 is 29.0 Å². The minimum atomic E-state index is -1.01. The zero-order valence-corrected chi connectivity index (χ0v) is 21.5. The van der Waals surface area contributed by atoms with Crippen LogP contribution in [0.1, 0.15) is 22.7 Å². The van der Waals surface area contributed by atoms with Crippen LogP contribution in [-0.4, -0.2) is 54.2 Å². The maximum atomic E-state index is 13.6. The number of fused-ring (bicyclic) bond motifs is 2. The Labute approximate surface area is 223 Å². The molecule has 2 aliphatic heterocycles. The number of carbonyl (C=O) groups is 2. The van der Waals surface area contributed by atoms with E-state index in [1.165, 1.54) is 19.1 Å². The summed E-state index contributed by atoms with van der Waals surface area (Å²) in [6.45, 7) is 2.72. The Hall–Kier alpha value is -4.99. The molecule has 0 aliphatic carbocycles. The van der Waals surface area contributed by atoms with E-state index in [2.05, 4.69) is 9.97 Å². The van der Waals surface area contributed by atoms with Crippen LogP contribution in [0.5, 0.6) is 23.0 Å². The summed E-state index contributed by atoms with van der Waals surface area (Å²) in [5, 5.41) is 11.5. The van der Waals surface area contributed by atoms with Gasteiger partial charge in [-0.1, -0.05) is 12.1 Å². The number of nitrogens with one attached hydrogen (secondary N) is 1. The van der Waals surface area contributed by atoms with Crippen LogP contribution in [-0.2, 0) is 9.59 Å². The molecule has 39 heavy (non-hydrogen) atoms. The summed E-state index contributed by atoms with van der Waals surface area (Å²) in [6, 6.07) is 14.6. The van der Waals surface area contributed by atoms with Gasteiger partial charge in [-0.25, -0.2) is 4.98 Å². The van der Waals surface area contributed by atoms with Gasteiger partial charge in [-0.15, -0.1) is 0 Å². The number of aromatic nitrogens is 2. The summed E-state index contributed by atoms with van der Waals surface area (Å²) >= 11 is 0. The highest BCUT2D eigenvalue weighted by atomic mass is 16.6. The summed E-state index contributed by atoms with van der Waals surface area (Å²) < 4.78 is 22.1. The molecule has 1 fully saturated rings. The topological polar surface area (TPSA) is 123 Å². The minimum absolute atomic E-state index is 0.0967. The number of hydrogen-bond donors (Lipinski definition) is 2. The number of amides is 1. The number of carbonyl (C=O) groups excluding carboxylic acids is 2. The van der Waals surface area contributed by atoms with E-state index in [1.807, 2.05) is 25.1 Å². The van der Waals surface area contributed by atoms with E-state index in [0.717, 1.165) is 5.56 Å². The van der Waals surface area contributed by atoms with Crippen LogP contribution in [0.15, 0.2) is 60.2 Å². The molecule has 3 heterocycles. The van der Waals surface area contributed by atoms with Crippen LogP contribution in [0.25, 0.3) is 16.8 Å². The number of Topliss-reactive ketones (excluding diaryl/α,β-unsaturated/α-hetero) is 1. The zero-order valence-electron chi connectivity index (χ0n) is 21.5. The molecule has 1 aromatic heterocycles. The number of ether oxygens (including phenoxy) is 4. The molecule has 1 saturated heterocycles. The summed E-state index contributed by atoms with van der Waals surface area (Å²) in [7, 11) is 3.01. The first-order chi connectivity index (χ1) is 18.9. The third-order valence-electron chi connectivity index (χ3n) is 6.84. The molecule has 1 unspecified atom stereocenters. The van der Waals surface area contributed by atoms with Crippen molar-refractivity contribution in [2.24, 2.45) is 0 Å². The van der Waals surface area contributed by atoms with Crippen molar-refractivity contribution in [1.82, 2.24) is 9.97 Å². The molecule has 10 nitrogen and oxygen atoms in total. The van der Waals surface area contributed by atoms with Crippen LogP contribution >= 0.6 is 0 Å². The number of ketones is 1.